The summed E-state index contributed by atoms with van der Waals surface area (Å²) in [5.41, 5.74) is 23.6. The minimum atomic E-state index is -1.10. The number of ether oxygens (including phenoxy) is 2. The van der Waals surface area contributed by atoms with Gasteiger partial charge in [0.2, 0.25) is 70.9 Å². The van der Waals surface area contributed by atoms with E-state index in [1.54, 1.807) is 142 Å². The lowest BCUT2D eigenvalue weighted by atomic mass is 10.0. The normalized spacial score (nSPS) is 15.0. The van der Waals surface area contributed by atoms with E-state index in [2.05, 4.69) is 4.98 Å². The molecular formula is C97H103Cl4F4N13O14. The number of nitrogens with two attached hydrogens (primary N) is 3. The van der Waals surface area contributed by atoms with Crippen molar-refractivity contribution in [3.8, 4) is 11.5 Å². The van der Waals surface area contributed by atoms with E-state index in [9.17, 15) is 75.1 Å². The zero-order chi connectivity index (χ0) is 95.1. The molecule has 6 N–H and O–H groups in total. The number of rotatable bonds is 41. The summed E-state index contributed by atoms with van der Waals surface area (Å²) in [5, 5.41) is 1.86. The predicted molar refractivity (Wildman–Crippen MR) is 490 cm³/mol. The number of carbonyl (C=O) groups is 12. The quantitative estimate of drug-likeness (QED) is 0.0300. The summed E-state index contributed by atoms with van der Waals surface area (Å²) in [7, 11) is 3.13. The maximum atomic E-state index is 13.9. The number of primary amides is 3. The lowest BCUT2D eigenvalue weighted by Gasteiger charge is -2.41. The summed E-state index contributed by atoms with van der Waals surface area (Å²) in [6, 6.07) is 50.3. The van der Waals surface area contributed by atoms with E-state index < -0.39 is 59.5 Å². The van der Waals surface area contributed by atoms with Crippen molar-refractivity contribution in [2.75, 3.05) is 112 Å². The fourth-order valence-corrected chi connectivity index (χ4v) is 16.4. The van der Waals surface area contributed by atoms with Gasteiger partial charge in [-0.05, 0) is 205 Å². The Morgan fingerprint density at radius 2 is 0.644 bits per heavy atom. The SMILES string of the molecule is COc1ccc(CCN(CC(N)=O)C(=O)CC2C(=O)N(CCc3ccc(Cl)cc3Cl)CC(=O)N2CCc2ccc(F)cc2)cc1.COc1ccc(CCN(CC(N)=O)C(=O)CC2C(=O)N(CCc3ccc(F)cc3)CC(=O)N2CCc2ccc(F)cc2)cc1.NC(=O)CN(CCc1ccccn1)C(=O)CC1C(=O)N(CCc2ccc(Cl)cc2Cl)CC(=O)N1CCc1ccc(F)cc1. The Morgan fingerprint density at radius 3 is 0.924 bits per heavy atom. The van der Waals surface area contributed by atoms with Crippen LogP contribution in [0.2, 0.25) is 20.1 Å². The van der Waals surface area contributed by atoms with Crippen molar-refractivity contribution in [2.45, 2.75) is 95.2 Å². The second-order valence-electron chi connectivity index (χ2n) is 31.8. The van der Waals surface area contributed by atoms with Crippen molar-refractivity contribution in [2.24, 2.45) is 17.2 Å². The maximum absolute atomic E-state index is 13.9. The molecular weight excluding hydrogens is 1790 g/mol. The van der Waals surface area contributed by atoms with Gasteiger partial charge in [0.1, 0.15) is 52.9 Å². The van der Waals surface area contributed by atoms with Gasteiger partial charge in [-0.3, -0.25) is 62.5 Å². The van der Waals surface area contributed by atoms with Gasteiger partial charge in [0, 0.05) is 97.3 Å². The number of benzene rings is 8. The van der Waals surface area contributed by atoms with Crippen LogP contribution in [-0.2, 0) is 115 Å². The monoisotopic (exact) mass is 1890 g/mol. The Labute approximate surface area is 782 Å². The molecule has 3 unspecified atom stereocenters. The summed E-state index contributed by atoms with van der Waals surface area (Å²) in [6.45, 7) is 0.0309. The standard InChI is InChI=1S/C33H35Cl2FN4O5.C33H36F2N4O5.C31H32Cl2FN5O4/c1-45-27-10-4-23(5-11-27)12-15-38(20-30(37)41)31(42)19-29-33(44)39(16-14-24-6-7-25(34)18-28(24)35)21-32(43)40(29)17-13-22-2-8-26(36)9-3-22;1-44-28-12-6-25(7-13-28)14-17-37(21-30(36)40)31(41)20-29-33(43)38(18-15-23-2-8-26(34)9-3-23)22-32(42)39(29)19-16-24-4-10-27(35)11-5-24;32-23-7-6-22(26(33)17-23)11-14-38-20-30(42)39(16-10-21-4-8-24(34)9-5-21)27(31(38)43)18-29(41)37(19-28(35)40)15-12-25-3-1-2-13-36-25/h2-11,18,29H,12-17,19-21H2,1H3,(H2,37,41);2-13,29H,14-22H2,1H3,(H2,36,40);1-9,13,17,27H,10-12,14-16,18-20H2,(H2,35,40). The largest absolute Gasteiger partial charge is 0.497 e. The molecule has 0 saturated carbocycles. The second kappa shape index (κ2) is 49.9. The zero-order valence-electron chi connectivity index (χ0n) is 72.9. The van der Waals surface area contributed by atoms with Crippen LogP contribution in [0.1, 0.15) is 69.5 Å². The number of aromatic nitrogens is 1. The number of amides is 12. The van der Waals surface area contributed by atoms with Crippen LogP contribution in [0.3, 0.4) is 0 Å². The molecule has 4 heterocycles. The fraction of sp³-hybridized carbons (Fsp3) is 0.330. The average Bonchev–Trinajstić information content (AvgIpc) is 0.797. The first-order valence-corrected chi connectivity index (χ1v) is 44.2. The van der Waals surface area contributed by atoms with Gasteiger partial charge in [-0.2, -0.15) is 0 Å². The first kappa shape index (κ1) is 101. The third kappa shape index (κ3) is 30.8. The number of pyridine rings is 1. The van der Waals surface area contributed by atoms with E-state index in [1.807, 2.05) is 30.3 Å². The van der Waals surface area contributed by atoms with Crippen molar-refractivity contribution in [3.63, 3.8) is 0 Å². The van der Waals surface area contributed by atoms with Crippen LogP contribution in [0.5, 0.6) is 11.5 Å². The molecule has 0 aliphatic carbocycles. The first-order chi connectivity index (χ1) is 63.3. The molecule has 9 aromatic rings. The van der Waals surface area contributed by atoms with Gasteiger partial charge in [-0.15, -0.1) is 0 Å². The Kier molecular flexibility index (Phi) is 38.2. The molecule has 0 radical (unpaired) electrons. The van der Waals surface area contributed by atoms with Gasteiger partial charge in [0.15, 0.2) is 0 Å². The van der Waals surface area contributed by atoms with E-state index >= 15 is 0 Å². The van der Waals surface area contributed by atoms with Gasteiger partial charge < -0.3 is 70.8 Å². The van der Waals surface area contributed by atoms with E-state index in [-0.39, 0.29) is 170 Å². The van der Waals surface area contributed by atoms with Gasteiger partial charge in [-0.1, -0.05) is 137 Å². The molecule has 3 atom stereocenters. The summed E-state index contributed by atoms with van der Waals surface area (Å²) in [6.07, 6.45) is 4.08. The number of carbonyl (C=O) groups excluding carboxylic acids is 12. The molecule has 132 heavy (non-hydrogen) atoms. The molecule has 12 amide bonds. The molecule has 3 aliphatic heterocycles. The average molecular weight is 1890 g/mol. The van der Waals surface area contributed by atoms with Crippen LogP contribution in [0.25, 0.3) is 0 Å². The van der Waals surface area contributed by atoms with Gasteiger partial charge in [0.25, 0.3) is 0 Å². The number of piperazine rings is 3. The molecule has 3 aliphatic rings. The smallest absolute Gasteiger partial charge is 0.246 e. The van der Waals surface area contributed by atoms with Gasteiger partial charge >= 0.3 is 0 Å². The van der Waals surface area contributed by atoms with E-state index in [4.69, 9.17) is 73.1 Å². The van der Waals surface area contributed by atoms with Crippen molar-refractivity contribution in [1.29, 1.82) is 0 Å². The molecule has 27 nitrogen and oxygen atoms in total. The minimum absolute atomic E-state index is 0.140. The molecule has 1 aromatic heterocycles. The molecule has 0 spiro atoms. The summed E-state index contributed by atoms with van der Waals surface area (Å²) in [4.78, 5) is 175. The summed E-state index contributed by atoms with van der Waals surface area (Å²) in [5.74, 6) is -5.86. The van der Waals surface area contributed by atoms with Gasteiger partial charge in [0.05, 0.1) is 72.8 Å². The van der Waals surface area contributed by atoms with Crippen LogP contribution in [0.15, 0.2) is 206 Å². The molecule has 3 fully saturated rings. The first-order valence-electron chi connectivity index (χ1n) is 42.7. The Morgan fingerprint density at radius 1 is 0.364 bits per heavy atom. The summed E-state index contributed by atoms with van der Waals surface area (Å²) >= 11 is 24.7. The topological polar surface area (TPSA) is 343 Å². The van der Waals surface area contributed by atoms with Gasteiger partial charge in [-0.25, -0.2) is 17.6 Å². The zero-order valence-corrected chi connectivity index (χ0v) is 75.9. The highest BCUT2D eigenvalue weighted by atomic mass is 35.5. The highest BCUT2D eigenvalue weighted by Crippen LogP contribution is 2.29. The van der Waals surface area contributed by atoms with Crippen LogP contribution in [-0.4, -0.2) is 250 Å². The third-order valence-corrected chi connectivity index (χ3v) is 23.8. The van der Waals surface area contributed by atoms with E-state index in [1.165, 1.54) is 92.6 Å². The molecule has 3 saturated heterocycles. The lowest BCUT2D eigenvalue weighted by Crippen LogP contribution is -2.61. The minimum Gasteiger partial charge on any atom is -0.497 e. The van der Waals surface area contributed by atoms with E-state index in [0.29, 0.717) is 89.4 Å². The molecule has 12 rings (SSSR count). The molecule has 8 aromatic carbocycles. The van der Waals surface area contributed by atoms with Crippen molar-refractivity contribution in [1.82, 2.24) is 49.1 Å². The predicted octanol–water partition coefficient (Wildman–Crippen LogP) is 9.96. The maximum Gasteiger partial charge on any atom is 0.246 e. The van der Waals surface area contributed by atoms with Crippen LogP contribution < -0.4 is 26.7 Å². The Bertz CT molecular complexity index is 5490. The highest BCUT2D eigenvalue weighted by molar-refractivity contribution is 6.35. The highest BCUT2D eigenvalue weighted by Gasteiger charge is 2.45. The molecule has 35 heteroatoms. The van der Waals surface area contributed by atoms with Crippen molar-refractivity contribution < 1.29 is 84.6 Å². The van der Waals surface area contributed by atoms with Crippen molar-refractivity contribution >= 4 is 117 Å². The van der Waals surface area contributed by atoms with Crippen LogP contribution >= 0.6 is 46.4 Å². The molecule has 0 bridgehead atoms. The number of methoxy groups -OCH3 is 2. The molecule has 696 valence electrons. The summed E-state index contributed by atoms with van der Waals surface area (Å²) < 4.78 is 64.0. The Hall–Kier alpha value is -13.0. The van der Waals surface area contributed by atoms with Crippen molar-refractivity contribution in [3.05, 3.63) is 300 Å². The number of nitrogens with zero attached hydrogens (tertiary/aromatic N) is 10. The third-order valence-electron chi connectivity index (χ3n) is 22.7. The number of hydrogen-bond donors (Lipinski definition) is 3. The second-order valence-corrected chi connectivity index (χ2v) is 33.5. The van der Waals surface area contributed by atoms with E-state index in [0.717, 1.165) is 50.2 Å². The van der Waals surface area contributed by atoms with Crippen LogP contribution in [0.4, 0.5) is 17.6 Å². The fourth-order valence-electron chi connectivity index (χ4n) is 15.4. The Balaban J connectivity index is 0.000000205. The van der Waals surface area contributed by atoms with Crippen LogP contribution in [0, 0.1) is 23.3 Å². The number of halogens is 8. The lowest BCUT2D eigenvalue weighted by molar-refractivity contribution is -0.158. The number of hydrogen-bond acceptors (Lipinski definition) is 15.